The first-order chi connectivity index (χ1) is 8.83. The van der Waals surface area contributed by atoms with Crippen molar-refractivity contribution in [1.82, 2.24) is 14.8 Å². The highest BCUT2D eigenvalue weighted by molar-refractivity contribution is 5.93. The third-order valence-electron chi connectivity index (χ3n) is 3.78. The van der Waals surface area contributed by atoms with Crippen LogP contribution in [0.25, 0.3) is 0 Å². The van der Waals surface area contributed by atoms with Crippen molar-refractivity contribution in [2.45, 2.75) is 12.8 Å². The van der Waals surface area contributed by atoms with E-state index in [1.54, 1.807) is 12.4 Å². The second-order valence-corrected chi connectivity index (χ2v) is 5.28. The predicted molar refractivity (Wildman–Crippen MR) is 69.3 cm³/mol. The Hall–Kier alpha value is -1.42. The number of carbonyl (C=O) groups is 1. The van der Waals surface area contributed by atoms with Crippen molar-refractivity contribution in [1.29, 1.82) is 0 Å². The van der Waals surface area contributed by atoms with E-state index >= 15 is 0 Å². The summed E-state index contributed by atoms with van der Waals surface area (Å²) in [6.45, 7) is 4.96. The van der Waals surface area contributed by atoms with Gasteiger partial charge in [-0.15, -0.1) is 0 Å². The zero-order valence-corrected chi connectivity index (χ0v) is 10.6. The molecule has 1 saturated carbocycles. The fourth-order valence-electron chi connectivity index (χ4n) is 2.47. The highest BCUT2D eigenvalue weighted by atomic mass is 16.2. The summed E-state index contributed by atoms with van der Waals surface area (Å²) in [5.74, 6) is 1.06. The first-order valence-electron chi connectivity index (χ1n) is 6.74. The summed E-state index contributed by atoms with van der Waals surface area (Å²) >= 11 is 0. The van der Waals surface area contributed by atoms with Crippen LogP contribution in [0, 0.1) is 5.92 Å². The van der Waals surface area contributed by atoms with E-state index in [4.69, 9.17) is 0 Å². The maximum absolute atomic E-state index is 12.2. The van der Waals surface area contributed by atoms with Crippen LogP contribution in [0.2, 0.25) is 0 Å². The van der Waals surface area contributed by atoms with Gasteiger partial charge in [-0.3, -0.25) is 14.7 Å². The quantitative estimate of drug-likeness (QED) is 0.804. The maximum Gasteiger partial charge on any atom is 0.255 e. The Morgan fingerprint density at radius 2 is 2.06 bits per heavy atom. The van der Waals surface area contributed by atoms with Gasteiger partial charge in [0.15, 0.2) is 0 Å². The molecule has 0 aromatic carbocycles. The van der Waals surface area contributed by atoms with Crippen molar-refractivity contribution in [3.05, 3.63) is 30.1 Å². The molecule has 3 rings (SSSR count). The average molecular weight is 245 g/mol. The van der Waals surface area contributed by atoms with Crippen LogP contribution in [0.3, 0.4) is 0 Å². The zero-order chi connectivity index (χ0) is 12.4. The molecule has 1 saturated heterocycles. The number of piperazine rings is 1. The van der Waals surface area contributed by atoms with Gasteiger partial charge in [-0.05, 0) is 30.9 Å². The Morgan fingerprint density at radius 1 is 1.28 bits per heavy atom. The van der Waals surface area contributed by atoms with E-state index < -0.39 is 0 Å². The Bertz CT molecular complexity index is 408. The minimum atomic E-state index is 0.120. The highest BCUT2D eigenvalue weighted by Crippen LogP contribution is 2.29. The van der Waals surface area contributed by atoms with E-state index in [0.717, 1.165) is 32.1 Å². The van der Waals surface area contributed by atoms with Gasteiger partial charge in [0.05, 0.1) is 5.56 Å². The third-order valence-corrected chi connectivity index (χ3v) is 3.78. The standard InChI is InChI=1S/C14H19N3O/c18-14(13-2-1-5-15-10-13)17-8-6-16(7-9-17)11-12-3-4-12/h1-2,5,10,12H,3-4,6-9,11H2. The first kappa shape index (κ1) is 11.7. The molecule has 96 valence electrons. The molecule has 0 spiro atoms. The van der Waals surface area contributed by atoms with E-state index in [9.17, 15) is 4.79 Å². The van der Waals surface area contributed by atoms with Crippen LogP contribution in [0.5, 0.6) is 0 Å². The van der Waals surface area contributed by atoms with Gasteiger partial charge in [-0.25, -0.2) is 0 Å². The molecule has 0 N–H and O–H groups in total. The van der Waals surface area contributed by atoms with Crippen molar-refractivity contribution in [3.8, 4) is 0 Å². The Balaban J connectivity index is 1.54. The molecular formula is C14H19N3O. The molecule has 1 amide bonds. The van der Waals surface area contributed by atoms with E-state index in [1.165, 1.54) is 19.4 Å². The number of hydrogen-bond acceptors (Lipinski definition) is 3. The van der Waals surface area contributed by atoms with Crippen LogP contribution in [-0.4, -0.2) is 53.4 Å². The van der Waals surface area contributed by atoms with Crippen molar-refractivity contribution in [3.63, 3.8) is 0 Å². The second kappa shape index (κ2) is 5.06. The molecule has 0 unspecified atom stereocenters. The summed E-state index contributed by atoms with van der Waals surface area (Å²) in [5.41, 5.74) is 0.702. The van der Waals surface area contributed by atoms with Gasteiger partial charge < -0.3 is 4.90 Å². The van der Waals surface area contributed by atoms with E-state index in [1.807, 2.05) is 17.0 Å². The number of carbonyl (C=O) groups excluding carboxylic acids is 1. The van der Waals surface area contributed by atoms with Gasteiger partial charge in [0, 0.05) is 45.1 Å². The molecule has 1 aromatic heterocycles. The van der Waals surface area contributed by atoms with Crippen LogP contribution in [0.4, 0.5) is 0 Å². The predicted octanol–water partition coefficient (Wildman–Crippen LogP) is 1.25. The summed E-state index contributed by atoms with van der Waals surface area (Å²) in [5, 5.41) is 0. The summed E-state index contributed by atoms with van der Waals surface area (Å²) in [4.78, 5) is 20.6. The molecule has 2 heterocycles. The molecule has 1 aliphatic heterocycles. The number of pyridine rings is 1. The molecule has 1 aromatic rings. The molecule has 0 atom stereocenters. The van der Waals surface area contributed by atoms with Crippen molar-refractivity contribution >= 4 is 5.91 Å². The number of hydrogen-bond donors (Lipinski definition) is 0. The fourth-order valence-corrected chi connectivity index (χ4v) is 2.47. The lowest BCUT2D eigenvalue weighted by Gasteiger charge is -2.34. The SMILES string of the molecule is O=C(c1cccnc1)N1CCN(CC2CC2)CC1. The van der Waals surface area contributed by atoms with Crippen LogP contribution in [-0.2, 0) is 0 Å². The molecule has 4 heteroatoms. The lowest BCUT2D eigenvalue weighted by atomic mass is 10.2. The Kier molecular flexibility index (Phi) is 3.28. The second-order valence-electron chi connectivity index (χ2n) is 5.28. The maximum atomic E-state index is 12.2. The fraction of sp³-hybridized carbons (Fsp3) is 0.571. The smallest absolute Gasteiger partial charge is 0.255 e. The van der Waals surface area contributed by atoms with Gasteiger partial charge in [0.2, 0.25) is 0 Å². The molecule has 0 bridgehead atoms. The third kappa shape index (κ3) is 2.70. The monoisotopic (exact) mass is 245 g/mol. The van der Waals surface area contributed by atoms with E-state index in [-0.39, 0.29) is 5.91 Å². The molecule has 0 radical (unpaired) electrons. The van der Waals surface area contributed by atoms with Crippen LogP contribution in [0.1, 0.15) is 23.2 Å². The van der Waals surface area contributed by atoms with Crippen molar-refractivity contribution < 1.29 is 4.79 Å². The van der Waals surface area contributed by atoms with Gasteiger partial charge in [-0.2, -0.15) is 0 Å². The summed E-state index contributed by atoms with van der Waals surface area (Å²) < 4.78 is 0. The molecule has 2 aliphatic rings. The van der Waals surface area contributed by atoms with Crippen molar-refractivity contribution in [2.75, 3.05) is 32.7 Å². The summed E-state index contributed by atoms with van der Waals surface area (Å²) in [6, 6.07) is 3.66. The minimum absolute atomic E-state index is 0.120. The van der Waals surface area contributed by atoms with Gasteiger partial charge in [-0.1, -0.05) is 0 Å². The molecular weight excluding hydrogens is 226 g/mol. The number of rotatable bonds is 3. The minimum Gasteiger partial charge on any atom is -0.336 e. The summed E-state index contributed by atoms with van der Waals surface area (Å²) in [7, 11) is 0. The van der Waals surface area contributed by atoms with E-state index in [0.29, 0.717) is 5.56 Å². The lowest BCUT2D eigenvalue weighted by Crippen LogP contribution is -2.49. The largest absolute Gasteiger partial charge is 0.336 e. The number of amides is 1. The topological polar surface area (TPSA) is 36.4 Å². The van der Waals surface area contributed by atoms with Gasteiger partial charge in [0.1, 0.15) is 0 Å². The van der Waals surface area contributed by atoms with Crippen molar-refractivity contribution in [2.24, 2.45) is 5.92 Å². The molecule has 2 fully saturated rings. The molecule has 18 heavy (non-hydrogen) atoms. The lowest BCUT2D eigenvalue weighted by molar-refractivity contribution is 0.0631. The highest BCUT2D eigenvalue weighted by Gasteiger charge is 2.27. The average Bonchev–Trinajstić information content (AvgIpc) is 3.24. The van der Waals surface area contributed by atoms with Crippen LogP contribution in [0.15, 0.2) is 24.5 Å². The number of aromatic nitrogens is 1. The normalized spacial score (nSPS) is 21.0. The van der Waals surface area contributed by atoms with Crippen LogP contribution >= 0.6 is 0 Å². The molecule has 1 aliphatic carbocycles. The Labute approximate surface area is 108 Å². The Morgan fingerprint density at radius 3 is 2.67 bits per heavy atom. The summed E-state index contributed by atoms with van der Waals surface area (Å²) in [6.07, 6.45) is 6.15. The first-order valence-corrected chi connectivity index (χ1v) is 6.74. The van der Waals surface area contributed by atoms with Crippen LogP contribution < -0.4 is 0 Å². The van der Waals surface area contributed by atoms with E-state index in [2.05, 4.69) is 9.88 Å². The number of nitrogens with zero attached hydrogens (tertiary/aromatic N) is 3. The molecule has 4 nitrogen and oxygen atoms in total. The zero-order valence-electron chi connectivity index (χ0n) is 10.6. The van der Waals surface area contributed by atoms with Gasteiger partial charge in [0.25, 0.3) is 5.91 Å². The van der Waals surface area contributed by atoms with Gasteiger partial charge >= 0.3 is 0 Å².